The molecule has 0 amide bonds. The van der Waals surface area contributed by atoms with Crippen LogP contribution in [-0.2, 0) is 13.0 Å². The molecule has 0 fully saturated rings. The molecule has 2 rings (SSSR count). The normalized spacial score (nSPS) is 17.3. The number of fused-ring (bicyclic) bond motifs is 1. The molecule has 2 nitrogen and oxygen atoms in total. The second-order valence-corrected chi connectivity index (χ2v) is 6.27. The Morgan fingerprint density at radius 3 is 2.67 bits per heavy atom. The Kier molecular flexibility index (Phi) is 4.41. The van der Waals surface area contributed by atoms with Gasteiger partial charge in [0.15, 0.2) is 0 Å². The second-order valence-electron chi connectivity index (χ2n) is 6.27. The van der Waals surface area contributed by atoms with Gasteiger partial charge in [-0.05, 0) is 55.4 Å². The minimum atomic E-state index is 0.270. The Bertz CT molecular complexity index is 384. The van der Waals surface area contributed by atoms with E-state index >= 15 is 0 Å². The first-order valence-electron chi connectivity index (χ1n) is 7.10. The second kappa shape index (κ2) is 5.85. The number of rotatable bonds is 4. The van der Waals surface area contributed by atoms with Crippen molar-refractivity contribution in [2.24, 2.45) is 11.1 Å². The molecule has 0 aliphatic carbocycles. The number of nitrogens with zero attached hydrogens (tertiary/aromatic N) is 1. The summed E-state index contributed by atoms with van der Waals surface area (Å²) in [7, 11) is 0. The van der Waals surface area contributed by atoms with E-state index in [0.717, 1.165) is 13.1 Å². The molecule has 18 heavy (non-hydrogen) atoms. The summed E-state index contributed by atoms with van der Waals surface area (Å²) in [6.45, 7) is 8.79. The van der Waals surface area contributed by atoms with Gasteiger partial charge in [0.2, 0.25) is 0 Å². The minimum Gasteiger partial charge on any atom is -0.330 e. The van der Waals surface area contributed by atoms with Gasteiger partial charge in [0.25, 0.3) is 0 Å². The fourth-order valence-corrected chi connectivity index (χ4v) is 2.52. The first-order valence-corrected chi connectivity index (χ1v) is 7.10. The number of aryl methyl sites for hydroxylation is 1. The smallest absolute Gasteiger partial charge is 0.0236 e. The number of hydrogen-bond acceptors (Lipinski definition) is 2. The molecule has 0 aromatic heterocycles. The molecule has 1 heterocycles. The van der Waals surface area contributed by atoms with Crippen LogP contribution >= 0.6 is 0 Å². The van der Waals surface area contributed by atoms with Crippen LogP contribution < -0.4 is 5.73 Å². The minimum absolute atomic E-state index is 0.270. The standard InChI is InChI=1S/C16H26N2/c1-16(2,13-17)9-11-18-10-5-8-14-6-3-4-7-15(14)12-18/h3-4,6-7H,5,8-13,17H2,1-2H3. The van der Waals surface area contributed by atoms with Gasteiger partial charge in [-0.25, -0.2) is 0 Å². The van der Waals surface area contributed by atoms with E-state index < -0.39 is 0 Å². The largest absolute Gasteiger partial charge is 0.330 e. The summed E-state index contributed by atoms with van der Waals surface area (Å²) >= 11 is 0. The lowest BCUT2D eigenvalue weighted by atomic mass is 9.89. The van der Waals surface area contributed by atoms with Crippen molar-refractivity contribution in [3.63, 3.8) is 0 Å². The maximum Gasteiger partial charge on any atom is 0.0236 e. The average Bonchev–Trinajstić information content (AvgIpc) is 2.58. The number of benzene rings is 1. The summed E-state index contributed by atoms with van der Waals surface area (Å²) in [5.41, 5.74) is 9.13. The zero-order valence-electron chi connectivity index (χ0n) is 11.8. The third-order valence-electron chi connectivity index (χ3n) is 4.09. The topological polar surface area (TPSA) is 29.3 Å². The lowest BCUT2D eigenvalue weighted by Crippen LogP contribution is -2.31. The first kappa shape index (κ1) is 13.6. The fourth-order valence-electron chi connectivity index (χ4n) is 2.52. The highest BCUT2D eigenvalue weighted by atomic mass is 15.1. The van der Waals surface area contributed by atoms with E-state index in [2.05, 4.69) is 43.0 Å². The van der Waals surface area contributed by atoms with Gasteiger partial charge in [-0.15, -0.1) is 0 Å². The van der Waals surface area contributed by atoms with Crippen molar-refractivity contribution in [3.05, 3.63) is 35.4 Å². The van der Waals surface area contributed by atoms with Crippen LogP contribution in [0.2, 0.25) is 0 Å². The van der Waals surface area contributed by atoms with Crippen LogP contribution in [0.5, 0.6) is 0 Å². The summed E-state index contributed by atoms with van der Waals surface area (Å²) in [6, 6.07) is 8.88. The van der Waals surface area contributed by atoms with Crippen LogP contribution in [0.25, 0.3) is 0 Å². The summed E-state index contributed by atoms with van der Waals surface area (Å²) in [5, 5.41) is 0. The molecular weight excluding hydrogens is 220 g/mol. The molecule has 0 atom stereocenters. The van der Waals surface area contributed by atoms with Gasteiger partial charge >= 0.3 is 0 Å². The predicted molar refractivity (Wildman–Crippen MR) is 77.5 cm³/mol. The van der Waals surface area contributed by atoms with Crippen LogP contribution in [0, 0.1) is 5.41 Å². The van der Waals surface area contributed by atoms with Gasteiger partial charge in [0.1, 0.15) is 0 Å². The SMILES string of the molecule is CC(C)(CN)CCN1CCCc2ccccc2C1. The van der Waals surface area contributed by atoms with Crippen LogP contribution in [0.15, 0.2) is 24.3 Å². The molecule has 1 aromatic carbocycles. The van der Waals surface area contributed by atoms with Crippen molar-refractivity contribution in [1.29, 1.82) is 0 Å². The molecule has 0 radical (unpaired) electrons. The average molecular weight is 246 g/mol. The van der Waals surface area contributed by atoms with Crippen LogP contribution in [0.4, 0.5) is 0 Å². The van der Waals surface area contributed by atoms with Crippen molar-refractivity contribution in [1.82, 2.24) is 4.90 Å². The van der Waals surface area contributed by atoms with Crippen molar-refractivity contribution >= 4 is 0 Å². The molecule has 0 unspecified atom stereocenters. The van der Waals surface area contributed by atoms with Gasteiger partial charge in [-0.3, -0.25) is 4.90 Å². The van der Waals surface area contributed by atoms with Gasteiger partial charge in [0.05, 0.1) is 0 Å². The van der Waals surface area contributed by atoms with E-state index in [4.69, 9.17) is 5.73 Å². The third kappa shape index (κ3) is 3.56. The van der Waals surface area contributed by atoms with Gasteiger partial charge in [0, 0.05) is 6.54 Å². The third-order valence-corrected chi connectivity index (χ3v) is 4.09. The monoisotopic (exact) mass is 246 g/mol. The van der Waals surface area contributed by atoms with Crippen LogP contribution in [0.1, 0.15) is 37.8 Å². The van der Waals surface area contributed by atoms with E-state index in [1.165, 1.54) is 43.5 Å². The highest BCUT2D eigenvalue weighted by Gasteiger charge is 2.19. The molecule has 2 N–H and O–H groups in total. The lowest BCUT2D eigenvalue weighted by molar-refractivity contribution is 0.217. The summed E-state index contributed by atoms with van der Waals surface area (Å²) in [5.74, 6) is 0. The van der Waals surface area contributed by atoms with E-state index in [0.29, 0.717) is 0 Å². The van der Waals surface area contributed by atoms with Crippen LogP contribution in [0.3, 0.4) is 0 Å². The van der Waals surface area contributed by atoms with Gasteiger partial charge in [-0.2, -0.15) is 0 Å². The van der Waals surface area contributed by atoms with Gasteiger partial charge in [-0.1, -0.05) is 38.1 Å². The van der Waals surface area contributed by atoms with Crippen molar-refractivity contribution in [2.45, 2.75) is 39.7 Å². The van der Waals surface area contributed by atoms with E-state index in [-0.39, 0.29) is 5.41 Å². The zero-order chi connectivity index (χ0) is 13.0. The summed E-state index contributed by atoms with van der Waals surface area (Å²) < 4.78 is 0. The molecule has 1 aliphatic heterocycles. The number of nitrogens with two attached hydrogens (primary N) is 1. The zero-order valence-corrected chi connectivity index (χ0v) is 11.8. The van der Waals surface area contributed by atoms with Gasteiger partial charge < -0.3 is 5.73 Å². The Morgan fingerprint density at radius 2 is 1.94 bits per heavy atom. The van der Waals surface area contributed by atoms with E-state index in [1.54, 1.807) is 0 Å². The van der Waals surface area contributed by atoms with Crippen molar-refractivity contribution < 1.29 is 0 Å². The molecule has 1 aromatic rings. The summed E-state index contributed by atoms with van der Waals surface area (Å²) in [6.07, 6.45) is 3.69. The fraction of sp³-hybridized carbons (Fsp3) is 0.625. The summed E-state index contributed by atoms with van der Waals surface area (Å²) in [4.78, 5) is 2.59. The molecule has 0 saturated heterocycles. The Hall–Kier alpha value is -0.860. The first-order chi connectivity index (χ1) is 8.61. The maximum absolute atomic E-state index is 5.81. The predicted octanol–water partition coefficient (Wildman–Crippen LogP) is 2.81. The molecule has 0 bridgehead atoms. The Balaban J connectivity index is 1.96. The van der Waals surface area contributed by atoms with E-state index in [9.17, 15) is 0 Å². The highest BCUT2D eigenvalue weighted by molar-refractivity contribution is 5.27. The maximum atomic E-state index is 5.81. The quantitative estimate of drug-likeness (QED) is 0.885. The van der Waals surface area contributed by atoms with Crippen molar-refractivity contribution in [2.75, 3.05) is 19.6 Å². The van der Waals surface area contributed by atoms with Crippen molar-refractivity contribution in [3.8, 4) is 0 Å². The molecular formula is C16H26N2. The molecule has 100 valence electrons. The highest BCUT2D eigenvalue weighted by Crippen LogP contribution is 2.22. The van der Waals surface area contributed by atoms with E-state index in [1.807, 2.05) is 0 Å². The molecule has 0 spiro atoms. The molecule has 1 aliphatic rings. The lowest BCUT2D eigenvalue weighted by Gasteiger charge is -2.27. The Labute approximate surface area is 111 Å². The molecule has 2 heteroatoms. The number of hydrogen-bond donors (Lipinski definition) is 1. The van der Waals surface area contributed by atoms with Crippen LogP contribution in [-0.4, -0.2) is 24.5 Å². The Morgan fingerprint density at radius 1 is 1.22 bits per heavy atom. The molecule has 0 saturated carbocycles.